The summed E-state index contributed by atoms with van der Waals surface area (Å²) in [6.45, 7) is 2.35. The number of pyridine rings is 2. The van der Waals surface area contributed by atoms with Gasteiger partial charge >= 0.3 is 0 Å². The standard InChI is InChI=1S/C17H13BrN4O/c1-10-15-16(21-20-10)13-7-12(18)4-5-14(13)22(17(15)23)9-11-3-2-6-19-8-11/h2-8H,9H2,1H3,(H,20,21). The molecule has 0 aliphatic carbocycles. The largest absolute Gasteiger partial charge is 0.303 e. The highest BCUT2D eigenvalue weighted by Gasteiger charge is 2.15. The predicted octanol–water partition coefficient (Wildman–Crippen LogP) is 3.39. The van der Waals surface area contributed by atoms with Crippen LogP contribution in [0.1, 0.15) is 11.3 Å². The Morgan fingerprint density at radius 1 is 1.30 bits per heavy atom. The molecular weight excluding hydrogens is 356 g/mol. The zero-order valence-electron chi connectivity index (χ0n) is 12.4. The first-order chi connectivity index (χ1) is 11.1. The van der Waals surface area contributed by atoms with E-state index in [0.29, 0.717) is 17.4 Å². The molecule has 4 aromatic rings. The van der Waals surface area contributed by atoms with Crippen LogP contribution in [-0.4, -0.2) is 19.7 Å². The average molecular weight is 369 g/mol. The Morgan fingerprint density at radius 3 is 2.96 bits per heavy atom. The lowest BCUT2D eigenvalue weighted by molar-refractivity contribution is 0.798. The normalized spacial score (nSPS) is 11.4. The number of benzene rings is 1. The molecule has 1 aromatic carbocycles. The van der Waals surface area contributed by atoms with Crippen LogP contribution in [0.4, 0.5) is 0 Å². The topological polar surface area (TPSA) is 63.6 Å². The molecule has 0 bridgehead atoms. The van der Waals surface area contributed by atoms with Gasteiger partial charge in [0, 0.05) is 27.9 Å². The molecule has 23 heavy (non-hydrogen) atoms. The molecule has 0 spiro atoms. The van der Waals surface area contributed by atoms with Crippen molar-refractivity contribution in [2.75, 3.05) is 0 Å². The summed E-state index contributed by atoms with van der Waals surface area (Å²) in [6.07, 6.45) is 3.51. The van der Waals surface area contributed by atoms with Crippen molar-refractivity contribution in [1.82, 2.24) is 19.7 Å². The van der Waals surface area contributed by atoms with Crippen molar-refractivity contribution in [3.05, 3.63) is 68.8 Å². The van der Waals surface area contributed by atoms with Gasteiger partial charge in [-0.2, -0.15) is 5.10 Å². The minimum Gasteiger partial charge on any atom is -0.303 e. The first kappa shape index (κ1) is 14.1. The summed E-state index contributed by atoms with van der Waals surface area (Å²) in [4.78, 5) is 17.1. The zero-order chi connectivity index (χ0) is 16.0. The molecule has 5 nitrogen and oxygen atoms in total. The van der Waals surface area contributed by atoms with Gasteiger partial charge in [-0.25, -0.2) is 0 Å². The van der Waals surface area contributed by atoms with Crippen molar-refractivity contribution < 1.29 is 0 Å². The van der Waals surface area contributed by atoms with Crippen molar-refractivity contribution in [3.8, 4) is 0 Å². The monoisotopic (exact) mass is 368 g/mol. The molecule has 0 unspecified atom stereocenters. The molecule has 3 heterocycles. The van der Waals surface area contributed by atoms with Crippen LogP contribution in [0.3, 0.4) is 0 Å². The fourth-order valence-electron chi connectivity index (χ4n) is 2.89. The molecule has 114 valence electrons. The second-order valence-corrected chi connectivity index (χ2v) is 6.40. The molecule has 0 amide bonds. The fourth-order valence-corrected chi connectivity index (χ4v) is 3.26. The maximum Gasteiger partial charge on any atom is 0.262 e. The number of rotatable bonds is 2. The highest BCUT2D eigenvalue weighted by atomic mass is 79.9. The second kappa shape index (κ2) is 5.31. The van der Waals surface area contributed by atoms with Crippen LogP contribution in [0.15, 0.2) is 52.0 Å². The van der Waals surface area contributed by atoms with Gasteiger partial charge in [0.15, 0.2) is 0 Å². The van der Waals surface area contributed by atoms with Crippen molar-refractivity contribution >= 4 is 37.7 Å². The van der Waals surface area contributed by atoms with Crippen LogP contribution in [0.2, 0.25) is 0 Å². The number of nitrogens with zero attached hydrogens (tertiary/aromatic N) is 3. The van der Waals surface area contributed by atoms with Crippen molar-refractivity contribution in [2.45, 2.75) is 13.5 Å². The number of hydrogen-bond donors (Lipinski definition) is 1. The number of halogens is 1. The molecule has 0 aliphatic heterocycles. The van der Waals surface area contributed by atoms with E-state index in [1.165, 1.54) is 0 Å². The SMILES string of the molecule is Cc1[nH]nc2c1c(=O)n(Cc1cccnc1)c1ccc(Br)cc21. The van der Waals surface area contributed by atoms with Crippen LogP contribution in [0.25, 0.3) is 21.8 Å². The van der Waals surface area contributed by atoms with Gasteiger partial charge in [-0.1, -0.05) is 22.0 Å². The Balaban J connectivity index is 2.10. The zero-order valence-corrected chi connectivity index (χ0v) is 14.0. The van der Waals surface area contributed by atoms with Crippen LogP contribution in [0, 0.1) is 6.92 Å². The summed E-state index contributed by atoms with van der Waals surface area (Å²) in [5.74, 6) is 0. The molecule has 6 heteroatoms. The third kappa shape index (κ3) is 2.26. The van der Waals surface area contributed by atoms with Gasteiger partial charge in [-0.3, -0.25) is 14.9 Å². The fraction of sp³-hybridized carbons (Fsp3) is 0.118. The van der Waals surface area contributed by atoms with Crippen molar-refractivity contribution in [2.24, 2.45) is 0 Å². The molecule has 3 aromatic heterocycles. The molecule has 1 N–H and O–H groups in total. The highest BCUT2D eigenvalue weighted by molar-refractivity contribution is 9.10. The smallest absolute Gasteiger partial charge is 0.262 e. The molecular formula is C17H13BrN4O. The van der Waals surface area contributed by atoms with E-state index in [1.807, 2.05) is 37.3 Å². The van der Waals surface area contributed by atoms with Gasteiger partial charge in [0.25, 0.3) is 5.56 Å². The Kier molecular flexibility index (Phi) is 3.27. The van der Waals surface area contributed by atoms with Gasteiger partial charge in [0.05, 0.1) is 17.4 Å². The number of H-pyrrole nitrogens is 1. The van der Waals surface area contributed by atoms with Crippen LogP contribution >= 0.6 is 15.9 Å². The van der Waals surface area contributed by atoms with E-state index in [0.717, 1.165) is 26.6 Å². The first-order valence-electron chi connectivity index (χ1n) is 7.21. The van der Waals surface area contributed by atoms with Crippen LogP contribution < -0.4 is 5.56 Å². The summed E-state index contributed by atoms with van der Waals surface area (Å²) < 4.78 is 2.74. The predicted molar refractivity (Wildman–Crippen MR) is 93.6 cm³/mol. The number of fused-ring (bicyclic) bond motifs is 3. The van der Waals surface area contributed by atoms with E-state index in [2.05, 4.69) is 31.1 Å². The maximum atomic E-state index is 13.0. The number of aromatic amines is 1. The number of aryl methyl sites for hydroxylation is 1. The number of hydrogen-bond acceptors (Lipinski definition) is 3. The molecule has 0 saturated carbocycles. The Morgan fingerprint density at radius 2 is 2.17 bits per heavy atom. The average Bonchev–Trinajstić information content (AvgIpc) is 2.95. The summed E-state index contributed by atoms with van der Waals surface area (Å²) >= 11 is 3.50. The first-order valence-corrected chi connectivity index (χ1v) is 8.00. The Labute approximate surface area is 140 Å². The summed E-state index contributed by atoms with van der Waals surface area (Å²) in [6, 6.07) is 9.72. The second-order valence-electron chi connectivity index (χ2n) is 5.49. The molecule has 0 radical (unpaired) electrons. The summed E-state index contributed by atoms with van der Waals surface area (Å²) in [5, 5.41) is 8.84. The van der Waals surface area contributed by atoms with Crippen molar-refractivity contribution in [3.63, 3.8) is 0 Å². The minimum absolute atomic E-state index is 0.0371. The molecule has 0 aliphatic rings. The van der Waals surface area contributed by atoms with E-state index in [-0.39, 0.29) is 5.56 Å². The minimum atomic E-state index is -0.0371. The van der Waals surface area contributed by atoms with E-state index < -0.39 is 0 Å². The van der Waals surface area contributed by atoms with Gasteiger partial charge in [-0.15, -0.1) is 0 Å². The molecule has 0 atom stereocenters. The Hall–Kier alpha value is -2.47. The molecule has 4 rings (SSSR count). The molecule has 0 fully saturated rings. The summed E-state index contributed by atoms with van der Waals surface area (Å²) in [7, 11) is 0. The van der Waals surface area contributed by atoms with E-state index >= 15 is 0 Å². The lowest BCUT2D eigenvalue weighted by Crippen LogP contribution is -2.21. The lowest BCUT2D eigenvalue weighted by Gasteiger charge is -2.11. The number of aromatic nitrogens is 4. The molecule has 0 saturated heterocycles. The van der Waals surface area contributed by atoms with Crippen molar-refractivity contribution in [1.29, 1.82) is 0 Å². The highest BCUT2D eigenvalue weighted by Crippen LogP contribution is 2.26. The summed E-state index contributed by atoms with van der Waals surface area (Å²) in [5.41, 5.74) is 3.31. The maximum absolute atomic E-state index is 13.0. The van der Waals surface area contributed by atoms with Gasteiger partial charge < -0.3 is 4.57 Å². The van der Waals surface area contributed by atoms with Crippen LogP contribution in [-0.2, 0) is 6.54 Å². The quantitative estimate of drug-likeness (QED) is 0.589. The lowest BCUT2D eigenvalue weighted by atomic mass is 10.1. The number of nitrogens with one attached hydrogen (secondary N) is 1. The van der Waals surface area contributed by atoms with Crippen LogP contribution in [0.5, 0.6) is 0 Å². The van der Waals surface area contributed by atoms with E-state index in [9.17, 15) is 4.79 Å². The van der Waals surface area contributed by atoms with Gasteiger partial charge in [0.1, 0.15) is 5.52 Å². The van der Waals surface area contributed by atoms with Gasteiger partial charge in [-0.05, 0) is 36.8 Å². The van der Waals surface area contributed by atoms with Gasteiger partial charge in [0.2, 0.25) is 0 Å². The third-order valence-corrected chi connectivity index (χ3v) is 4.47. The van der Waals surface area contributed by atoms with E-state index in [1.54, 1.807) is 17.0 Å². The van der Waals surface area contributed by atoms with E-state index in [4.69, 9.17) is 0 Å². The third-order valence-electron chi connectivity index (χ3n) is 3.97. The Bertz CT molecular complexity index is 1080.